The third-order valence-corrected chi connectivity index (χ3v) is 9.67. The van der Waals surface area contributed by atoms with E-state index in [-0.39, 0.29) is 34.6 Å². The molecule has 33 heavy (non-hydrogen) atoms. The van der Waals surface area contributed by atoms with Crippen LogP contribution in [0.4, 0.5) is 0 Å². The molecule has 0 spiro atoms. The number of rotatable bonds is 7. The van der Waals surface area contributed by atoms with Gasteiger partial charge < -0.3 is 15.4 Å². The molecule has 1 aromatic rings. The maximum Gasteiger partial charge on any atom is 0.255 e. The third kappa shape index (κ3) is 4.59. The smallest absolute Gasteiger partial charge is 0.255 e. The molecule has 5 rings (SSSR count). The lowest BCUT2D eigenvalue weighted by molar-refractivity contribution is 0.0897. The third-order valence-electron chi connectivity index (χ3n) is 7.81. The van der Waals surface area contributed by atoms with Crippen LogP contribution in [0, 0.1) is 5.92 Å². The van der Waals surface area contributed by atoms with Gasteiger partial charge in [-0.25, -0.2) is 8.42 Å². The topological polar surface area (TPSA) is 84.5 Å². The van der Waals surface area contributed by atoms with Gasteiger partial charge in [0.05, 0.1) is 21.8 Å². The summed E-state index contributed by atoms with van der Waals surface area (Å²) in [5, 5.41) is 6.95. The number of sulfone groups is 1. The van der Waals surface area contributed by atoms with Crippen molar-refractivity contribution in [1.29, 1.82) is 0 Å². The van der Waals surface area contributed by atoms with Gasteiger partial charge in [-0.3, -0.25) is 4.79 Å². The van der Waals surface area contributed by atoms with Gasteiger partial charge in [-0.15, -0.1) is 0 Å². The second-order valence-electron chi connectivity index (χ2n) is 10.6. The summed E-state index contributed by atoms with van der Waals surface area (Å²) in [5.41, 5.74) is 1.95. The van der Waals surface area contributed by atoms with Crippen molar-refractivity contribution in [2.75, 3.05) is 12.3 Å². The first kappa shape index (κ1) is 22.9. The van der Waals surface area contributed by atoms with E-state index in [1.54, 1.807) is 12.1 Å². The molecule has 2 N–H and O–H groups in total. The van der Waals surface area contributed by atoms with Crippen molar-refractivity contribution in [3.8, 4) is 5.75 Å². The van der Waals surface area contributed by atoms with Crippen LogP contribution in [0.5, 0.6) is 5.75 Å². The van der Waals surface area contributed by atoms with E-state index in [0.29, 0.717) is 17.7 Å². The minimum absolute atomic E-state index is 0.0723. The highest BCUT2D eigenvalue weighted by Gasteiger charge is 2.42. The van der Waals surface area contributed by atoms with Gasteiger partial charge in [0.1, 0.15) is 11.9 Å². The number of ether oxygens (including phenoxy) is 1. The first-order valence-electron chi connectivity index (χ1n) is 12.6. The number of fused-ring (bicyclic) bond motifs is 1. The summed E-state index contributed by atoms with van der Waals surface area (Å²) in [4.78, 5) is 14.1. The molecule has 0 aromatic heterocycles. The predicted octanol–water partition coefficient (Wildman–Crippen LogP) is 3.93. The van der Waals surface area contributed by atoms with Gasteiger partial charge in [0, 0.05) is 12.5 Å². The van der Waals surface area contributed by atoms with Crippen LogP contribution in [0.15, 0.2) is 28.7 Å². The minimum atomic E-state index is -3.43. The predicted molar refractivity (Wildman–Crippen MR) is 128 cm³/mol. The van der Waals surface area contributed by atoms with Crippen molar-refractivity contribution in [2.24, 2.45) is 5.92 Å². The molecule has 2 fully saturated rings. The van der Waals surface area contributed by atoms with Gasteiger partial charge in [0.2, 0.25) is 0 Å². The van der Waals surface area contributed by atoms with Crippen molar-refractivity contribution >= 4 is 15.7 Å². The average molecular weight is 473 g/mol. The number of carbonyl (C=O) groups is 1. The molecular weight excluding hydrogens is 436 g/mol. The highest BCUT2D eigenvalue weighted by Crippen LogP contribution is 2.39. The van der Waals surface area contributed by atoms with Crippen LogP contribution in [0.2, 0.25) is 0 Å². The molecular formula is C26H36N2O4S. The number of carbonyl (C=O) groups excluding carboxylic acids is 1. The van der Waals surface area contributed by atoms with Crippen LogP contribution in [0.25, 0.3) is 0 Å². The van der Waals surface area contributed by atoms with E-state index in [1.807, 2.05) is 6.92 Å². The molecule has 6 nitrogen and oxygen atoms in total. The molecule has 180 valence electrons. The fourth-order valence-corrected chi connectivity index (χ4v) is 7.49. The Morgan fingerprint density at radius 2 is 2.03 bits per heavy atom. The normalized spacial score (nSPS) is 26.8. The number of amides is 1. The summed E-state index contributed by atoms with van der Waals surface area (Å²) >= 11 is 0. The van der Waals surface area contributed by atoms with Crippen molar-refractivity contribution in [3.63, 3.8) is 0 Å². The molecule has 0 bridgehead atoms. The zero-order chi connectivity index (χ0) is 23.2. The summed E-state index contributed by atoms with van der Waals surface area (Å²) in [6.07, 6.45) is 11.2. The fraction of sp³-hybridized carbons (Fsp3) is 0.654. The van der Waals surface area contributed by atoms with Crippen LogP contribution in [-0.4, -0.2) is 44.3 Å². The average Bonchev–Trinajstić information content (AvgIpc) is 3.25. The van der Waals surface area contributed by atoms with Crippen molar-refractivity contribution < 1.29 is 17.9 Å². The Balaban J connectivity index is 1.51. The molecule has 1 saturated heterocycles. The summed E-state index contributed by atoms with van der Waals surface area (Å²) in [7, 11) is -3.43. The van der Waals surface area contributed by atoms with Gasteiger partial charge in [0.15, 0.2) is 9.84 Å². The SMILES string of the molecule is CC1Cc2cc(S(=O)(=O)CC3CC3)cc(C(=O)NC(C)(C3=CCCCC3)C3CCCN3)c2O1. The Morgan fingerprint density at radius 3 is 2.70 bits per heavy atom. The number of nitrogens with one attached hydrogen (secondary N) is 2. The summed E-state index contributed by atoms with van der Waals surface area (Å²) in [6, 6.07) is 3.46. The van der Waals surface area contributed by atoms with Gasteiger partial charge >= 0.3 is 0 Å². The summed E-state index contributed by atoms with van der Waals surface area (Å²) in [5.74, 6) is 0.724. The zero-order valence-electron chi connectivity index (χ0n) is 19.8. The lowest BCUT2D eigenvalue weighted by Gasteiger charge is -2.40. The van der Waals surface area contributed by atoms with Gasteiger partial charge in [-0.2, -0.15) is 0 Å². The summed E-state index contributed by atoms with van der Waals surface area (Å²) < 4.78 is 32.2. The van der Waals surface area contributed by atoms with E-state index in [2.05, 4.69) is 23.6 Å². The first-order valence-corrected chi connectivity index (χ1v) is 14.2. The van der Waals surface area contributed by atoms with Crippen molar-refractivity contribution in [1.82, 2.24) is 10.6 Å². The Kier molecular flexibility index (Phi) is 6.06. The lowest BCUT2D eigenvalue weighted by atomic mass is 9.78. The Labute approximate surface area is 197 Å². The van der Waals surface area contributed by atoms with Gasteiger partial charge in [0.25, 0.3) is 5.91 Å². The van der Waals surface area contributed by atoms with Crippen molar-refractivity contribution in [2.45, 2.75) is 94.2 Å². The Bertz CT molecular complexity index is 1070. The standard InChI is InChI=1S/C26H36N2O4S/c1-17-13-19-14-21(33(30,31)16-18-10-11-18)15-22(24(19)32-17)25(29)28-26(2,23-9-6-12-27-23)20-7-4-3-5-8-20/h7,14-15,17-18,23,27H,3-6,8-13,16H2,1-2H3,(H,28,29). The molecule has 7 heteroatoms. The number of hydrogen-bond donors (Lipinski definition) is 2. The molecule has 4 aliphatic rings. The van der Waals surface area contributed by atoms with Crippen LogP contribution in [-0.2, 0) is 16.3 Å². The van der Waals surface area contributed by atoms with E-state index >= 15 is 0 Å². The van der Waals surface area contributed by atoms with Crippen LogP contribution in [0.3, 0.4) is 0 Å². The maximum atomic E-state index is 13.8. The van der Waals surface area contributed by atoms with Gasteiger partial charge in [-0.1, -0.05) is 6.08 Å². The molecule has 1 saturated carbocycles. The molecule has 3 atom stereocenters. The Hall–Kier alpha value is -1.86. The Morgan fingerprint density at radius 1 is 1.21 bits per heavy atom. The van der Waals surface area contributed by atoms with E-state index < -0.39 is 15.4 Å². The molecule has 2 aliphatic heterocycles. The second kappa shape index (κ2) is 8.73. The largest absolute Gasteiger partial charge is 0.489 e. The minimum Gasteiger partial charge on any atom is -0.489 e. The second-order valence-corrected chi connectivity index (χ2v) is 12.6. The lowest BCUT2D eigenvalue weighted by Crippen LogP contribution is -2.59. The highest BCUT2D eigenvalue weighted by atomic mass is 32.2. The quantitative estimate of drug-likeness (QED) is 0.588. The monoisotopic (exact) mass is 472 g/mol. The van der Waals surface area contributed by atoms with Crippen LogP contribution < -0.4 is 15.4 Å². The molecule has 2 aliphatic carbocycles. The fourth-order valence-electron chi connectivity index (χ4n) is 5.72. The van der Waals surface area contributed by atoms with E-state index in [4.69, 9.17) is 4.74 Å². The van der Waals surface area contributed by atoms with Crippen LogP contribution in [0.1, 0.15) is 81.1 Å². The van der Waals surface area contributed by atoms with Crippen molar-refractivity contribution in [3.05, 3.63) is 34.9 Å². The zero-order valence-corrected chi connectivity index (χ0v) is 20.6. The molecule has 3 unspecified atom stereocenters. The molecule has 0 radical (unpaired) electrons. The van der Waals surface area contributed by atoms with Crippen LogP contribution >= 0.6 is 0 Å². The van der Waals surface area contributed by atoms with Gasteiger partial charge in [-0.05, 0) is 101 Å². The maximum absolute atomic E-state index is 13.8. The summed E-state index contributed by atoms with van der Waals surface area (Å²) in [6.45, 7) is 5.04. The highest BCUT2D eigenvalue weighted by molar-refractivity contribution is 7.91. The van der Waals surface area contributed by atoms with E-state index in [9.17, 15) is 13.2 Å². The molecule has 1 amide bonds. The number of benzene rings is 1. The van der Waals surface area contributed by atoms with E-state index in [1.165, 1.54) is 12.0 Å². The number of hydrogen-bond acceptors (Lipinski definition) is 5. The first-order chi connectivity index (χ1) is 15.8. The number of allylic oxidation sites excluding steroid dienone is 1. The molecule has 1 aromatic carbocycles. The molecule has 2 heterocycles. The van der Waals surface area contributed by atoms with E-state index in [0.717, 1.165) is 57.1 Å².